The molecule has 1 saturated heterocycles. The number of hydrogen-bond acceptors (Lipinski definition) is 5. The van der Waals surface area contributed by atoms with Gasteiger partial charge in [0.15, 0.2) is 5.65 Å². The standard InChI is InChI=1S/C31H32N6O/c1-3-25(24-14-8-5-9-15-24)30(38)36-19-18-35(21-22(36)2)31-32-27-17-11-10-16-26(27)29-34-33-28(37(29)31)20-23-12-6-4-7-13-23/h4-17,22,25H,3,18-21H2,1-2H3/t22-,25+/m1/s1. The van der Waals surface area contributed by atoms with Gasteiger partial charge in [-0.1, -0.05) is 79.7 Å². The van der Waals surface area contributed by atoms with E-state index in [9.17, 15) is 4.79 Å². The average Bonchev–Trinajstić information content (AvgIpc) is 3.38. The predicted octanol–water partition coefficient (Wildman–Crippen LogP) is 5.10. The first-order valence-corrected chi connectivity index (χ1v) is 13.4. The summed E-state index contributed by atoms with van der Waals surface area (Å²) < 4.78 is 2.11. The highest BCUT2D eigenvalue weighted by molar-refractivity contribution is 5.92. The maximum absolute atomic E-state index is 13.7. The number of amides is 1. The van der Waals surface area contributed by atoms with Crippen molar-refractivity contribution >= 4 is 28.4 Å². The molecule has 1 amide bonds. The van der Waals surface area contributed by atoms with E-state index in [0.717, 1.165) is 40.3 Å². The molecule has 3 aromatic carbocycles. The Morgan fingerprint density at radius 1 is 0.921 bits per heavy atom. The van der Waals surface area contributed by atoms with E-state index in [2.05, 4.69) is 63.7 Å². The van der Waals surface area contributed by atoms with Gasteiger partial charge in [-0.3, -0.25) is 4.79 Å². The number of anilines is 1. The molecule has 0 unspecified atom stereocenters. The largest absolute Gasteiger partial charge is 0.338 e. The minimum atomic E-state index is -0.119. The highest BCUT2D eigenvalue weighted by atomic mass is 16.2. The number of hydrogen-bond donors (Lipinski definition) is 0. The van der Waals surface area contributed by atoms with Gasteiger partial charge in [0.2, 0.25) is 11.9 Å². The maximum atomic E-state index is 13.7. The van der Waals surface area contributed by atoms with E-state index in [4.69, 9.17) is 4.98 Å². The van der Waals surface area contributed by atoms with Crippen LogP contribution in [-0.2, 0) is 11.2 Å². The number of para-hydroxylation sites is 1. The van der Waals surface area contributed by atoms with Crippen LogP contribution in [0.2, 0.25) is 0 Å². The van der Waals surface area contributed by atoms with E-state index in [1.54, 1.807) is 0 Å². The van der Waals surface area contributed by atoms with Crippen molar-refractivity contribution in [1.29, 1.82) is 0 Å². The lowest BCUT2D eigenvalue weighted by atomic mass is 9.94. The van der Waals surface area contributed by atoms with Crippen LogP contribution < -0.4 is 4.90 Å². The molecule has 3 heterocycles. The van der Waals surface area contributed by atoms with Crippen LogP contribution in [-0.4, -0.2) is 56.1 Å². The van der Waals surface area contributed by atoms with Crippen LogP contribution in [0, 0.1) is 0 Å². The quantitative estimate of drug-likeness (QED) is 0.322. The van der Waals surface area contributed by atoms with Gasteiger partial charge in [0.05, 0.1) is 11.4 Å². The predicted molar refractivity (Wildman–Crippen MR) is 150 cm³/mol. The number of carbonyl (C=O) groups excluding carboxylic acids is 1. The van der Waals surface area contributed by atoms with Gasteiger partial charge in [-0.05, 0) is 36.6 Å². The van der Waals surface area contributed by atoms with Crippen molar-refractivity contribution in [1.82, 2.24) is 24.5 Å². The maximum Gasteiger partial charge on any atom is 0.230 e. The summed E-state index contributed by atoms with van der Waals surface area (Å²) in [4.78, 5) is 23.1. The lowest BCUT2D eigenvalue weighted by molar-refractivity contribution is -0.135. The number of nitrogens with zero attached hydrogens (tertiary/aromatic N) is 6. The molecule has 0 bridgehead atoms. The molecule has 7 heteroatoms. The molecule has 0 radical (unpaired) electrons. The fraction of sp³-hybridized carbons (Fsp3) is 0.290. The summed E-state index contributed by atoms with van der Waals surface area (Å²) in [5.41, 5.74) is 3.98. The number of aromatic nitrogens is 4. The summed E-state index contributed by atoms with van der Waals surface area (Å²) in [5, 5.41) is 10.2. The van der Waals surface area contributed by atoms with Gasteiger partial charge in [-0.25, -0.2) is 9.38 Å². The van der Waals surface area contributed by atoms with Crippen molar-refractivity contribution in [3.63, 3.8) is 0 Å². The third kappa shape index (κ3) is 4.38. The van der Waals surface area contributed by atoms with Crippen LogP contribution in [0.15, 0.2) is 84.9 Å². The first-order chi connectivity index (χ1) is 18.6. The van der Waals surface area contributed by atoms with Crippen molar-refractivity contribution in [3.05, 3.63) is 102 Å². The van der Waals surface area contributed by atoms with Crippen molar-refractivity contribution in [3.8, 4) is 0 Å². The summed E-state index contributed by atoms with van der Waals surface area (Å²) in [6.07, 6.45) is 1.45. The number of piperazine rings is 1. The Bertz CT molecular complexity index is 1570. The van der Waals surface area contributed by atoms with Gasteiger partial charge < -0.3 is 9.80 Å². The Kier molecular flexibility index (Phi) is 6.50. The van der Waals surface area contributed by atoms with Crippen molar-refractivity contribution in [2.45, 2.75) is 38.6 Å². The molecule has 5 aromatic rings. The topological polar surface area (TPSA) is 66.6 Å². The molecule has 6 rings (SSSR count). The Balaban J connectivity index is 1.33. The van der Waals surface area contributed by atoms with Crippen LogP contribution in [0.1, 0.15) is 43.1 Å². The molecular formula is C31H32N6O. The number of fused-ring (bicyclic) bond motifs is 3. The minimum absolute atomic E-state index is 0.0476. The summed E-state index contributed by atoms with van der Waals surface area (Å²) in [7, 11) is 0. The van der Waals surface area contributed by atoms with Gasteiger partial charge in [0.1, 0.15) is 5.82 Å². The zero-order valence-corrected chi connectivity index (χ0v) is 21.9. The minimum Gasteiger partial charge on any atom is -0.338 e. The van der Waals surface area contributed by atoms with E-state index in [0.29, 0.717) is 26.1 Å². The Labute approximate surface area is 222 Å². The molecule has 0 N–H and O–H groups in total. The molecule has 38 heavy (non-hydrogen) atoms. The van der Waals surface area contributed by atoms with Crippen LogP contribution in [0.4, 0.5) is 5.95 Å². The van der Waals surface area contributed by atoms with Gasteiger partial charge >= 0.3 is 0 Å². The van der Waals surface area contributed by atoms with E-state index in [1.807, 2.05) is 59.5 Å². The van der Waals surface area contributed by atoms with Crippen LogP contribution in [0.25, 0.3) is 16.6 Å². The number of rotatable bonds is 6. The molecule has 2 aromatic heterocycles. The van der Waals surface area contributed by atoms with Gasteiger partial charge in [0, 0.05) is 37.5 Å². The fourth-order valence-electron chi connectivity index (χ4n) is 5.63. The molecule has 7 nitrogen and oxygen atoms in total. The molecule has 192 valence electrons. The molecule has 1 aliphatic rings. The van der Waals surface area contributed by atoms with Gasteiger partial charge in [0.25, 0.3) is 0 Å². The second kappa shape index (κ2) is 10.2. The molecule has 1 fully saturated rings. The lowest BCUT2D eigenvalue weighted by Gasteiger charge is -2.41. The average molecular weight is 505 g/mol. The fourth-order valence-corrected chi connectivity index (χ4v) is 5.63. The Morgan fingerprint density at radius 2 is 1.63 bits per heavy atom. The summed E-state index contributed by atoms with van der Waals surface area (Å²) in [6.45, 7) is 6.27. The Morgan fingerprint density at radius 3 is 2.37 bits per heavy atom. The second-order valence-electron chi connectivity index (χ2n) is 10.1. The van der Waals surface area contributed by atoms with E-state index in [1.165, 1.54) is 5.56 Å². The van der Waals surface area contributed by atoms with Crippen LogP contribution >= 0.6 is 0 Å². The second-order valence-corrected chi connectivity index (χ2v) is 10.1. The smallest absolute Gasteiger partial charge is 0.230 e. The summed E-state index contributed by atoms with van der Waals surface area (Å²) >= 11 is 0. The van der Waals surface area contributed by atoms with E-state index >= 15 is 0 Å². The zero-order valence-electron chi connectivity index (χ0n) is 21.9. The lowest BCUT2D eigenvalue weighted by Crippen LogP contribution is -2.55. The third-order valence-electron chi connectivity index (χ3n) is 7.60. The normalized spacial score (nSPS) is 16.7. The first kappa shape index (κ1) is 24.1. The monoisotopic (exact) mass is 504 g/mol. The SMILES string of the molecule is CC[C@H](C(=O)N1CCN(c2nc3ccccc3c3nnc(Cc4ccccc4)n23)C[C@H]1C)c1ccccc1. The Hall–Kier alpha value is -4.26. The van der Waals surface area contributed by atoms with Crippen LogP contribution in [0.5, 0.6) is 0 Å². The number of benzene rings is 3. The molecule has 2 atom stereocenters. The molecule has 0 aliphatic carbocycles. The molecule has 0 saturated carbocycles. The van der Waals surface area contributed by atoms with Gasteiger partial charge in [-0.2, -0.15) is 0 Å². The van der Waals surface area contributed by atoms with E-state index in [-0.39, 0.29) is 17.9 Å². The summed E-state index contributed by atoms with van der Waals surface area (Å²) in [6, 6.07) is 28.6. The summed E-state index contributed by atoms with van der Waals surface area (Å²) in [5.74, 6) is 1.78. The zero-order chi connectivity index (χ0) is 26.1. The van der Waals surface area contributed by atoms with E-state index < -0.39 is 0 Å². The molecule has 1 aliphatic heterocycles. The van der Waals surface area contributed by atoms with Crippen molar-refractivity contribution in [2.24, 2.45) is 0 Å². The highest BCUT2D eigenvalue weighted by Gasteiger charge is 2.33. The van der Waals surface area contributed by atoms with Crippen LogP contribution in [0.3, 0.4) is 0 Å². The molecule has 0 spiro atoms. The van der Waals surface area contributed by atoms with Crippen molar-refractivity contribution in [2.75, 3.05) is 24.5 Å². The highest BCUT2D eigenvalue weighted by Crippen LogP contribution is 2.29. The molecular weight excluding hydrogens is 472 g/mol. The van der Waals surface area contributed by atoms with Crippen molar-refractivity contribution < 1.29 is 4.79 Å². The van der Waals surface area contributed by atoms with Gasteiger partial charge in [-0.15, -0.1) is 10.2 Å². The number of carbonyl (C=O) groups is 1. The third-order valence-corrected chi connectivity index (χ3v) is 7.60. The first-order valence-electron chi connectivity index (χ1n) is 13.4.